The smallest absolute Gasteiger partial charge is 0.243 e. The Morgan fingerprint density at radius 3 is 2.33 bits per heavy atom. The van der Waals surface area contributed by atoms with Crippen LogP contribution in [0.1, 0.15) is 44.7 Å². The Kier molecular flexibility index (Phi) is 8.58. The molecule has 1 atom stereocenters. The number of carbonyl (C=O) groups is 2. The van der Waals surface area contributed by atoms with Gasteiger partial charge in [-0.05, 0) is 62.1 Å². The second-order valence-corrected chi connectivity index (χ2v) is 8.44. The van der Waals surface area contributed by atoms with Gasteiger partial charge in [0, 0.05) is 19.0 Å². The van der Waals surface area contributed by atoms with Crippen LogP contribution in [0.2, 0.25) is 0 Å². The van der Waals surface area contributed by atoms with Gasteiger partial charge in [-0.2, -0.15) is 0 Å². The molecule has 1 unspecified atom stereocenters. The molecule has 1 N–H and O–H groups in total. The second-order valence-electron chi connectivity index (χ2n) is 8.44. The summed E-state index contributed by atoms with van der Waals surface area (Å²) < 4.78 is 16.5. The van der Waals surface area contributed by atoms with Crippen LogP contribution in [0.4, 0.5) is 0 Å². The normalized spacial score (nSPS) is 13.4. The first-order chi connectivity index (χ1) is 15.9. The first-order valence-corrected chi connectivity index (χ1v) is 11.5. The Balaban J connectivity index is 1.75. The van der Waals surface area contributed by atoms with E-state index in [1.165, 1.54) is 0 Å². The Morgan fingerprint density at radius 1 is 1.03 bits per heavy atom. The lowest BCUT2D eigenvalue weighted by atomic mass is 10.1. The fourth-order valence-corrected chi connectivity index (χ4v) is 3.87. The van der Waals surface area contributed by atoms with Crippen LogP contribution in [-0.2, 0) is 22.6 Å². The van der Waals surface area contributed by atoms with Gasteiger partial charge in [0.2, 0.25) is 11.8 Å². The van der Waals surface area contributed by atoms with Crippen molar-refractivity contribution in [1.29, 1.82) is 0 Å². The molecule has 0 aliphatic carbocycles. The molecule has 33 heavy (non-hydrogen) atoms. The summed E-state index contributed by atoms with van der Waals surface area (Å²) in [5.41, 5.74) is 1.94. The summed E-state index contributed by atoms with van der Waals surface area (Å²) in [5, 5.41) is 2.96. The highest BCUT2D eigenvalue weighted by Crippen LogP contribution is 2.31. The number of ether oxygens (including phenoxy) is 3. The van der Waals surface area contributed by atoms with Gasteiger partial charge in [0.15, 0.2) is 11.5 Å². The van der Waals surface area contributed by atoms with Gasteiger partial charge in [0.05, 0.1) is 7.11 Å². The standard InChI is InChI=1S/C26H34N2O5/c1-5-22(26(30)27-18(2)3)28(17-20-6-10-21(31-4)11-7-20)25(29)13-9-19-8-12-23-24(16-19)33-15-14-32-23/h6-8,10-12,16,18,22H,5,9,13-15,17H2,1-4H3,(H,27,30). The second kappa shape index (κ2) is 11.6. The van der Waals surface area contributed by atoms with Crippen molar-refractivity contribution < 1.29 is 23.8 Å². The van der Waals surface area contributed by atoms with Crippen molar-refractivity contribution in [3.05, 3.63) is 53.6 Å². The zero-order valence-electron chi connectivity index (χ0n) is 19.9. The summed E-state index contributed by atoms with van der Waals surface area (Å²) in [5.74, 6) is 2.00. The van der Waals surface area contributed by atoms with Crippen LogP contribution >= 0.6 is 0 Å². The van der Waals surface area contributed by atoms with E-state index >= 15 is 0 Å². The van der Waals surface area contributed by atoms with Crippen LogP contribution in [0.3, 0.4) is 0 Å². The molecule has 7 heteroatoms. The van der Waals surface area contributed by atoms with E-state index < -0.39 is 6.04 Å². The Bertz CT molecular complexity index is 942. The molecule has 1 heterocycles. The average molecular weight is 455 g/mol. The SMILES string of the molecule is CCC(C(=O)NC(C)C)N(Cc1ccc(OC)cc1)C(=O)CCc1ccc2c(c1)OCCO2. The Hall–Kier alpha value is -3.22. The number of nitrogens with zero attached hydrogens (tertiary/aromatic N) is 1. The molecule has 1 aliphatic heterocycles. The van der Waals surface area contributed by atoms with Gasteiger partial charge in [-0.3, -0.25) is 9.59 Å². The van der Waals surface area contributed by atoms with Crippen molar-refractivity contribution in [3.8, 4) is 17.2 Å². The molecule has 2 amide bonds. The molecule has 178 valence electrons. The van der Waals surface area contributed by atoms with E-state index in [0.717, 1.165) is 22.6 Å². The van der Waals surface area contributed by atoms with E-state index in [9.17, 15) is 9.59 Å². The summed E-state index contributed by atoms with van der Waals surface area (Å²) in [6, 6.07) is 12.8. The third-order valence-corrected chi connectivity index (χ3v) is 5.56. The highest BCUT2D eigenvalue weighted by atomic mass is 16.6. The summed E-state index contributed by atoms with van der Waals surface area (Å²) in [6.45, 7) is 7.19. The lowest BCUT2D eigenvalue weighted by Gasteiger charge is -2.31. The van der Waals surface area contributed by atoms with Crippen molar-refractivity contribution in [2.24, 2.45) is 0 Å². The fourth-order valence-electron chi connectivity index (χ4n) is 3.87. The maximum Gasteiger partial charge on any atom is 0.243 e. The molecule has 0 bridgehead atoms. The largest absolute Gasteiger partial charge is 0.497 e. The third kappa shape index (κ3) is 6.63. The van der Waals surface area contributed by atoms with Gasteiger partial charge >= 0.3 is 0 Å². The lowest BCUT2D eigenvalue weighted by Crippen LogP contribution is -2.50. The molecule has 1 aliphatic rings. The third-order valence-electron chi connectivity index (χ3n) is 5.56. The summed E-state index contributed by atoms with van der Waals surface area (Å²) in [4.78, 5) is 28.0. The van der Waals surface area contributed by atoms with E-state index in [4.69, 9.17) is 14.2 Å². The van der Waals surface area contributed by atoms with Gasteiger partial charge in [-0.1, -0.05) is 25.1 Å². The molecule has 0 radical (unpaired) electrons. The number of carbonyl (C=O) groups excluding carboxylic acids is 2. The molecule has 3 rings (SSSR count). The van der Waals surface area contributed by atoms with E-state index in [0.29, 0.717) is 44.8 Å². The van der Waals surface area contributed by atoms with E-state index in [2.05, 4.69) is 5.32 Å². The molecule has 7 nitrogen and oxygen atoms in total. The number of nitrogens with one attached hydrogen (secondary N) is 1. The van der Waals surface area contributed by atoms with Crippen molar-refractivity contribution >= 4 is 11.8 Å². The van der Waals surface area contributed by atoms with Crippen LogP contribution in [0.15, 0.2) is 42.5 Å². The zero-order chi connectivity index (χ0) is 23.8. The van der Waals surface area contributed by atoms with Crippen LogP contribution in [-0.4, -0.2) is 49.1 Å². The molecule has 0 aromatic heterocycles. The maximum absolute atomic E-state index is 13.4. The number of aryl methyl sites for hydroxylation is 1. The summed E-state index contributed by atoms with van der Waals surface area (Å²) >= 11 is 0. The molecule has 0 saturated carbocycles. The number of rotatable bonds is 10. The monoisotopic (exact) mass is 454 g/mol. The minimum absolute atomic E-state index is 0.00204. The van der Waals surface area contributed by atoms with Gasteiger partial charge in [-0.25, -0.2) is 0 Å². The quantitative estimate of drug-likeness (QED) is 0.592. The molecule has 0 saturated heterocycles. The predicted molar refractivity (Wildman–Crippen MR) is 127 cm³/mol. The molecular formula is C26H34N2O5. The van der Waals surface area contributed by atoms with Crippen LogP contribution in [0.25, 0.3) is 0 Å². The minimum atomic E-state index is -0.540. The van der Waals surface area contributed by atoms with Crippen molar-refractivity contribution in [3.63, 3.8) is 0 Å². The molecule has 2 aromatic rings. The van der Waals surface area contributed by atoms with Gasteiger partial charge in [-0.15, -0.1) is 0 Å². The fraction of sp³-hybridized carbons (Fsp3) is 0.462. The van der Waals surface area contributed by atoms with E-state index in [1.807, 2.05) is 63.2 Å². The highest BCUT2D eigenvalue weighted by molar-refractivity contribution is 5.87. The van der Waals surface area contributed by atoms with Gasteiger partial charge in [0.1, 0.15) is 25.0 Å². The zero-order valence-corrected chi connectivity index (χ0v) is 19.9. The number of amides is 2. The van der Waals surface area contributed by atoms with Crippen molar-refractivity contribution in [2.75, 3.05) is 20.3 Å². The summed E-state index contributed by atoms with van der Waals surface area (Å²) in [6.07, 6.45) is 1.38. The van der Waals surface area contributed by atoms with Gasteiger partial charge in [0.25, 0.3) is 0 Å². The van der Waals surface area contributed by atoms with Crippen LogP contribution < -0.4 is 19.5 Å². The molecule has 2 aromatic carbocycles. The maximum atomic E-state index is 13.4. The van der Waals surface area contributed by atoms with Crippen molar-refractivity contribution in [1.82, 2.24) is 10.2 Å². The molecule has 0 fully saturated rings. The number of benzene rings is 2. The molecule has 0 spiro atoms. The lowest BCUT2D eigenvalue weighted by molar-refractivity contribution is -0.141. The van der Waals surface area contributed by atoms with Gasteiger partial charge < -0.3 is 24.4 Å². The average Bonchev–Trinajstić information content (AvgIpc) is 2.82. The summed E-state index contributed by atoms with van der Waals surface area (Å²) in [7, 11) is 1.62. The Morgan fingerprint density at radius 2 is 1.70 bits per heavy atom. The Labute approximate surface area is 196 Å². The number of hydrogen-bond donors (Lipinski definition) is 1. The van der Waals surface area contributed by atoms with E-state index in [-0.39, 0.29) is 17.9 Å². The topological polar surface area (TPSA) is 77.1 Å². The van der Waals surface area contributed by atoms with Crippen LogP contribution in [0, 0.1) is 0 Å². The minimum Gasteiger partial charge on any atom is -0.497 e. The first-order valence-electron chi connectivity index (χ1n) is 11.5. The first kappa shape index (κ1) is 24.4. The van der Waals surface area contributed by atoms with Crippen LogP contribution in [0.5, 0.6) is 17.2 Å². The number of fused-ring (bicyclic) bond motifs is 1. The number of hydrogen-bond acceptors (Lipinski definition) is 5. The predicted octanol–water partition coefficient (Wildman–Crippen LogP) is 3.73. The van der Waals surface area contributed by atoms with Crippen molar-refractivity contribution in [2.45, 2.75) is 58.7 Å². The van der Waals surface area contributed by atoms with E-state index in [1.54, 1.807) is 12.0 Å². The number of methoxy groups -OCH3 is 1. The highest BCUT2D eigenvalue weighted by Gasteiger charge is 2.28. The molecular weight excluding hydrogens is 420 g/mol.